The third-order valence-electron chi connectivity index (χ3n) is 5.82. The largest absolute Gasteiger partial charge is 0.444 e. The zero-order valence-electron chi connectivity index (χ0n) is 19.7. The van der Waals surface area contributed by atoms with Crippen LogP contribution in [0.3, 0.4) is 0 Å². The Morgan fingerprint density at radius 1 is 1.29 bits per heavy atom. The molecule has 0 radical (unpaired) electrons. The van der Waals surface area contributed by atoms with Crippen molar-refractivity contribution in [1.29, 1.82) is 0 Å². The number of hydrogen-bond acceptors (Lipinski definition) is 5. The summed E-state index contributed by atoms with van der Waals surface area (Å²) in [6.07, 6.45) is 4.19. The van der Waals surface area contributed by atoms with Gasteiger partial charge in [0.1, 0.15) is 5.60 Å². The number of aryl methyl sites for hydroxylation is 1. The summed E-state index contributed by atoms with van der Waals surface area (Å²) in [4.78, 5) is 30.1. The highest BCUT2D eigenvalue weighted by molar-refractivity contribution is 6.05. The highest BCUT2D eigenvalue weighted by atomic mass is 16.6. The molecule has 1 aliphatic rings. The van der Waals surface area contributed by atoms with Crippen molar-refractivity contribution in [3.05, 3.63) is 23.5 Å². The smallest absolute Gasteiger partial charge is 0.407 e. The van der Waals surface area contributed by atoms with Crippen LogP contribution in [0, 0.1) is 12.8 Å². The molecule has 3 rings (SSSR count). The summed E-state index contributed by atoms with van der Waals surface area (Å²) in [5.74, 6) is 0.132. The van der Waals surface area contributed by atoms with Gasteiger partial charge in [0.05, 0.1) is 28.7 Å². The number of pyridine rings is 1. The Balaban J connectivity index is 1.82. The van der Waals surface area contributed by atoms with Crippen LogP contribution >= 0.6 is 0 Å². The summed E-state index contributed by atoms with van der Waals surface area (Å²) in [5, 5.41) is 11.2. The first kappa shape index (κ1) is 23.0. The molecule has 0 aliphatic heterocycles. The molecule has 2 unspecified atom stereocenters. The van der Waals surface area contributed by atoms with Crippen LogP contribution < -0.4 is 10.6 Å². The molecule has 2 heterocycles. The quantitative estimate of drug-likeness (QED) is 0.689. The number of fused-ring (bicyclic) bond motifs is 1. The normalized spacial score (nSPS) is 17.1. The van der Waals surface area contributed by atoms with Gasteiger partial charge >= 0.3 is 6.09 Å². The first-order valence-electron chi connectivity index (χ1n) is 11.1. The molecule has 0 spiro atoms. The molecule has 170 valence electrons. The molecule has 2 aromatic heterocycles. The third kappa shape index (κ3) is 5.35. The summed E-state index contributed by atoms with van der Waals surface area (Å²) < 4.78 is 7.23. The Hall–Kier alpha value is -2.64. The number of aromatic nitrogens is 3. The SMILES string of the molecule is CCC(C)n1ncc2c(C(=O)NC(C)(CNC(=O)OC(C)(C)C)C3CC3)cc(C)nc21. The Bertz CT molecular complexity index is 973. The zero-order valence-corrected chi connectivity index (χ0v) is 19.7. The Morgan fingerprint density at radius 2 is 1.97 bits per heavy atom. The van der Waals surface area contributed by atoms with Gasteiger partial charge in [0, 0.05) is 12.2 Å². The highest BCUT2D eigenvalue weighted by Crippen LogP contribution is 2.39. The molecule has 1 saturated carbocycles. The number of carbonyl (C=O) groups excluding carboxylic acids is 2. The summed E-state index contributed by atoms with van der Waals surface area (Å²) in [6.45, 7) is 13.8. The fourth-order valence-corrected chi connectivity index (χ4v) is 3.73. The lowest BCUT2D eigenvalue weighted by Crippen LogP contribution is -2.55. The minimum absolute atomic E-state index is 0.181. The molecule has 0 bridgehead atoms. The molecule has 1 fully saturated rings. The Labute approximate surface area is 184 Å². The minimum Gasteiger partial charge on any atom is -0.444 e. The predicted molar refractivity (Wildman–Crippen MR) is 120 cm³/mol. The summed E-state index contributed by atoms with van der Waals surface area (Å²) >= 11 is 0. The van der Waals surface area contributed by atoms with E-state index in [1.165, 1.54) is 0 Å². The first-order chi connectivity index (χ1) is 14.4. The number of alkyl carbamates (subject to hydrolysis) is 1. The van der Waals surface area contributed by atoms with E-state index in [0.29, 0.717) is 18.0 Å². The molecule has 8 nitrogen and oxygen atoms in total. The van der Waals surface area contributed by atoms with Gasteiger partial charge in [-0.3, -0.25) is 4.79 Å². The number of hydrogen-bond donors (Lipinski definition) is 2. The predicted octanol–water partition coefficient (Wildman–Crippen LogP) is 4.13. The maximum absolute atomic E-state index is 13.4. The molecule has 0 aromatic carbocycles. The van der Waals surface area contributed by atoms with Gasteiger partial charge in [0.15, 0.2) is 5.65 Å². The van der Waals surface area contributed by atoms with Crippen molar-refractivity contribution >= 4 is 23.0 Å². The van der Waals surface area contributed by atoms with E-state index in [4.69, 9.17) is 4.74 Å². The molecule has 1 aliphatic carbocycles. The second-order valence-corrected chi connectivity index (χ2v) is 9.90. The molecule has 2 N–H and O–H groups in total. The van der Waals surface area contributed by atoms with Crippen molar-refractivity contribution in [2.45, 2.75) is 84.9 Å². The van der Waals surface area contributed by atoms with E-state index in [9.17, 15) is 9.59 Å². The van der Waals surface area contributed by atoms with E-state index in [1.807, 2.05) is 39.3 Å². The van der Waals surface area contributed by atoms with Crippen LogP contribution in [0.1, 0.15) is 82.9 Å². The van der Waals surface area contributed by atoms with E-state index in [1.54, 1.807) is 12.3 Å². The fraction of sp³-hybridized carbons (Fsp3) is 0.652. The summed E-state index contributed by atoms with van der Waals surface area (Å²) in [5.41, 5.74) is 0.909. The van der Waals surface area contributed by atoms with Crippen LogP contribution in [-0.4, -0.2) is 44.4 Å². The first-order valence-corrected chi connectivity index (χ1v) is 11.1. The number of ether oxygens (including phenoxy) is 1. The zero-order chi connectivity index (χ0) is 23.0. The number of nitrogens with zero attached hydrogens (tertiary/aromatic N) is 3. The maximum atomic E-state index is 13.4. The van der Waals surface area contributed by atoms with Crippen molar-refractivity contribution in [3.8, 4) is 0 Å². The van der Waals surface area contributed by atoms with Crippen LogP contribution in [-0.2, 0) is 4.74 Å². The van der Waals surface area contributed by atoms with Crippen molar-refractivity contribution in [3.63, 3.8) is 0 Å². The van der Waals surface area contributed by atoms with Crippen LogP contribution in [0.15, 0.2) is 12.3 Å². The van der Waals surface area contributed by atoms with Gasteiger partial charge < -0.3 is 15.4 Å². The molecule has 8 heteroatoms. The number of amides is 2. The highest BCUT2D eigenvalue weighted by Gasteiger charge is 2.43. The third-order valence-corrected chi connectivity index (χ3v) is 5.82. The maximum Gasteiger partial charge on any atom is 0.407 e. The lowest BCUT2D eigenvalue weighted by Gasteiger charge is -2.32. The van der Waals surface area contributed by atoms with Gasteiger partial charge in [0.2, 0.25) is 0 Å². The molecule has 31 heavy (non-hydrogen) atoms. The monoisotopic (exact) mass is 429 g/mol. The van der Waals surface area contributed by atoms with Crippen LogP contribution in [0.5, 0.6) is 0 Å². The molecule has 2 atom stereocenters. The van der Waals surface area contributed by atoms with E-state index < -0.39 is 17.2 Å². The van der Waals surface area contributed by atoms with Gasteiger partial charge in [-0.05, 0) is 72.8 Å². The molecular weight excluding hydrogens is 394 g/mol. The van der Waals surface area contributed by atoms with Crippen molar-refractivity contribution in [1.82, 2.24) is 25.4 Å². The minimum atomic E-state index is -0.570. The van der Waals surface area contributed by atoms with E-state index in [-0.39, 0.29) is 11.9 Å². The average Bonchev–Trinajstić information content (AvgIpc) is 3.45. The second kappa shape index (κ2) is 8.48. The van der Waals surface area contributed by atoms with Crippen LogP contribution in [0.4, 0.5) is 4.79 Å². The van der Waals surface area contributed by atoms with Gasteiger partial charge in [-0.2, -0.15) is 5.10 Å². The fourth-order valence-electron chi connectivity index (χ4n) is 3.73. The topological polar surface area (TPSA) is 98.1 Å². The van der Waals surface area contributed by atoms with Crippen molar-refractivity contribution < 1.29 is 14.3 Å². The molecule has 2 aromatic rings. The van der Waals surface area contributed by atoms with E-state index >= 15 is 0 Å². The van der Waals surface area contributed by atoms with Crippen LogP contribution in [0.2, 0.25) is 0 Å². The summed E-state index contributed by atoms with van der Waals surface area (Å²) in [6, 6.07) is 1.99. The Morgan fingerprint density at radius 3 is 2.55 bits per heavy atom. The van der Waals surface area contributed by atoms with Crippen molar-refractivity contribution in [2.24, 2.45) is 5.92 Å². The number of nitrogens with one attached hydrogen (secondary N) is 2. The lowest BCUT2D eigenvalue weighted by atomic mass is 9.94. The second-order valence-electron chi connectivity index (χ2n) is 9.90. The van der Waals surface area contributed by atoms with Gasteiger partial charge in [-0.15, -0.1) is 0 Å². The number of rotatable bonds is 7. The van der Waals surface area contributed by atoms with Crippen LogP contribution in [0.25, 0.3) is 11.0 Å². The van der Waals surface area contributed by atoms with Gasteiger partial charge in [-0.1, -0.05) is 6.92 Å². The molecule has 2 amide bonds. The summed E-state index contributed by atoms with van der Waals surface area (Å²) in [7, 11) is 0. The van der Waals surface area contributed by atoms with Gasteiger partial charge in [0.25, 0.3) is 5.91 Å². The van der Waals surface area contributed by atoms with Crippen molar-refractivity contribution in [2.75, 3.05) is 6.54 Å². The molecule has 0 saturated heterocycles. The van der Waals surface area contributed by atoms with E-state index in [2.05, 4.69) is 34.6 Å². The lowest BCUT2D eigenvalue weighted by molar-refractivity contribution is 0.0502. The number of carbonyl (C=O) groups is 2. The Kier molecular flexibility index (Phi) is 6.30. The average molecular weight is 430 g/mol. The molecular formula is C23H35N5O3. The van der Waals surface area contributed by atoms with E-state index in [0.717, 1.165) is 36.0 Å². The standard InChI is InChI=1S/C23H35N5O3/c1-8-15(3)28-19-18(12-25-28)17(11-14(2)26-19)20(29)27-23(7,16-9-10-16)13-24-21(30)31-22(4,5)6/h11-12,15-16H,8-10,13H2,1-7H3,(H,24,30)(H,27,29). The van der Waals surface area contributed by atoms with Gasteiger partial charge in [-0.25, -0.2) is 14.5 Å².